The van der Waals surface area contributed by atoms with Crippen molar-refractivity contribution in [2.45, 2.75) is 17.0 Å². The molecule has 7 heteroatoms. The Hall–Kier alpha value is -1.44. The number of benzene rings is 1. The van der Waals surface area contributed by atoms with Crippen molar-refractivity contribution >= 4 is 39.6 Å². The fourth-order valence-electron chi connectivity index (χ4n) is 1.71. The second-order valence-electron chi connectivity index (χ2n) is 4.20. The van der Waals surface area contributed by atoms with Crippen LogP contribution in [0.3, 0.4) is 0 Å². The van der Waals surface area contributed by atoms with Gasteiger partial charge in [-0.1, -0.05) is 53.4 Å². The SMILES string of the molecule is CCNc1nnc(SCc2csc(-c3ccccc3)n2)s1. The molecule has 0 saturated heterocycles. The molecule has 0 saturated carbocycles. The summed E-state index contributed by atoms with van der Waals surface area (Å²) in [6.45, 7) is 2.92. The molecule has 3 aromatic rings. The summed E-state index contributed by atoms with van der Waals surface area (Å²) in [4.78, 5) is 4.68. The van der Waals surface area contributed by atoms with Gasteiger partial charge in [-0.25, -0.2) is 4.98 Å². The average molecular weight is 334 g/mol. The van der Waals surface area contributed by atoms with Crippen molar-refractivity contribution in [3.63, 3.8) is 0 Å². The highest BCUT2D eigenvalue weighted by molar-refractivity contribution is 8.00. The number of thiazole rings is 1. The van der Waals surface area contributed by atoms with E-state index in [-0.39, 0.29) is 0 Å². The van der Waals surface area contributed by atoms with Crippen LogP contribution in [-0.4, -0.2) is 21.7 Å². The molecule has 0 unspecified atom stereocenters. The summed E-state index contributed by atoms with van der Waals surface area (Å²) in [7, 11) is 0. The standard InChI is InChI=1S/C14H14N4S3/c1-2-15-13-17-18-14(21-13)20-9-11-8-19-12(16-11)10-6-4-3-5-7-10/h3-8H,2,9H2,1H3,(H,15,17). The third kappa shape index (κ3) is 3.81. The second-order valence-corrected chi connectivity index (χ2v) is 7.26. The van der Waals surface area contributed by atoms with Gasteiger partial charge >= 0.3 is 0 Å². The van der Waals surface area contributed by atoms with Gasteiger partial charge in [-0.2, -0.15) is 0 Å². The maximum absolute atomic E-state index is 4.68. The van der Waals surface area contributed by atoms with Gasteiger partial charge in [0.05, 0.1) is 5.69 Å². The van der Waals surface area contributed by atoms with Gasteiger partial charge in [0, 0.05) is 23.2 Å². The van der Waals surface area contributed by atoms with Gasteiger partial charge in [-0.3, -0.25) is 0 Å². The summed E-state index contributed by atoms with van der Waals surface area (Å²) in [6.07, 6.45) is 0. The molecule has 1 aromatic carbocycles. The predicted octanol–water partition coefficient (Wildman–Crippen LogP) is 4.39. The van der Waals surface area contributed by atoms with E-state index >= 15 is 0 Å². The van der Waals surface area contributed by atoms with Crippen molar-refractivity contribution in [3.05, 3.63) is 41.4 Å². The van der Waals surface area contributed by atoms with Crippen molar-refractivity contribution in [2.24, 2.45) is 0 Å². The van der Waals surface area contributed by atoms with Gasteiger partial charge in [0.15, 0.2) is 4.34 Å². The van der Waals surface area contributed by atoms with Crippen LogP contribution in [0.25, 0.3) is 10.6 Å². The summed E-state index contributed by atoms with van der Waals surface area (Å²) in [5.41, 5.74) is 2.26. The van der Waals surface area contributed by atoms with E-state index in [4.69, 9.17) is 0 Å². The summed E-state index contributed by atoms with van der Waals surface area (Å²) < 4.78 is 0.972. The van der Waals surface area contributed by atoms with E-state index < -0.39 is 0 Å². The number of nitrogens with one attached hydrogen (secondary N) is 1. The van der Waals surface area contributed by atoms with E-state index in [1.165, 1.54) is 5.56 Å². The Morgan fingerprint density at radius 3 is 2.86 bits per heavy atom. The lowest BCUT2D eigenvalue weighted by Crippen LogP contribution is -1.94. The topological polar surface area (TPSA) is 50.7 Å². The van der Waals surface area contributed by atoms with Crippen LogP contribution in [0.1, 0.15) is 12.6 Å². The smallest absolute Gasteiger partial charge is 0.206 e. The van der Waals surface area contributed by atoms with Gasteiger partial charge in [-0.15, -0.1) is 21.5 Å². The number of thioether (sulfide) groups is 1. The van der Waals surface area contributed by atoms with E-state index in [9.17, 15) is 0 Å². The fourth-order valence-corrected chi connectivity index (χ4v) is 4.36. The third-order valence-electron chi connectivity index (χ3n) is 2.65. The minimum Gasteiger partial charge on any atom is -0.360 e. The van der Waals surface area contributed by atoms with Crippen molar-refractivity contribution in [1.82, 2.24) is 15.2 Å². The predicted molar refractivity (Wildman–Crippen MR) is 91.2 cm³/mol. The van der Waals surface area contributed by atoms with E-state index in [0.717, 1.165) is 32.5 Å². The summed E-state index contributed by atoms with van der Waals surface area (Å²) in [5, 5.41) is 15.5. The monoisotopic (exact) mass is 334 g/mol. The molecule has 4 nitrogen and oxygen atoms in total. The van der Waals surface area contributed by atoms with Crippen molar-refractivity contribution in [1.29, 1.82) is 0 Å². The first kappa shape index (κ1) is 14.5. The Morgan fingerprint density at radius 1 is 1.19 bits per heavy atom. The summed E-state index contributed by atoms with van der Waals surface area (Å²) >= 11 is 4.94. The van der Waals surface area contributed by atoms with E-state index in [1.54, 1.807) is 34.4 Å². The molecule has 0 bridgehead atoms. The molecule has 0 aliphatic carbocycles. The Kier molecular flexibility index (Phi) is 4.84. The molecule has 0 aliphatic heterocycles. The van der Waals surface area contributed by atoms with Gasteiger partial charge in [0.1, 0.15) is 5.01 Å². The highest BCUT2D eigenvalue weighted by Gasteiger charge is 2.08. The molecule has 2 aromatic heterocycles. The highest BCUT2D eigenvalue weighted by atomic mass is 32.2. The van der Waals surface area contributed by atoms with E-state index in [1.807, 2.05) is 18.2 Å². The van der Waals surface area contributed by atoms with Gasteiger partial charge in [-0.05, 0) is 6.92 Å². The van der Waals surface area contributed by atoms with Crippen LogP contribution in [0.5, 0.6) is 0 Å². The second kappa shape index (κ2) is 7.02. The molecule has 2 heterocycles. The Labute approximate surface area is 135 Å². The molecule has 0 aliphatic rings. The molecule has 1 N–H and O–H groups in total. The molecular weight excluding hydrogens is 320 g/mol. The minimum atomic E-state index is 0.824. The van der Waals surface area contributed by atoms with Crippen LogP contribution in [0.4, 0.5) is 5.13 Å². The lowest BCUT2D eigenvalue weighted by molar-refractivity contribution is 1.00. The van der Waals surface area contributed by atoms with Crippen LogP contribution in [0.2, 0.25) is 0 Å². The number of hydrogen-bond donors (Lipinski definition) is 1. The van der Waals surface area contributed by atoms with Crippen LogP contribution >= 0.6 is 34.4 Å². The number of anilines is 1. The van der Waals surface area contributed by atoms with Crippen LogP contribution in [0, 0.1) is 0 Å². The first-order chi connectivity index (χ1) is 10.3. The Bertz CT molecular complexity index is 693. The van der Waals surface area contributed by atoms with Gasteiger partial charge < -0.3 is 5.32 Å². The normalized spacial score (nSPS) is 10.7. The number of aromatic nitrogens is 3. The highest BCUT2D eigenvalue weighted by Crippen LogP contribution is 2.30. The van der Waals surface area contributed by atoms with E-state index in [0.29, 0.717) is 0 Å². The Balaban J connectivity index is 1.62. The molecule has 21 heavy (non-hydrogen) atoms. The number of rotatable bonds is 6. The average Bonchev–Trinajstić information content (AvgIpc) is 3.16. The first-order valence-corrected chi connectivity index (χ1v) is 9.23. The molecular formula is C14H14N4S3. The maximum Gasteiger partial charge on any atom is 0.206 e. The molecule has 0 radical (unpaired) electrons. The molecule has 0 spiro atoms. The molecule has 3 rings (SSSR count). The molecule has 108 valence electrons. The van der Waals surface area contributed by atoms with Crippen LogP contribution in [-0.2, 0) is 5.75 Å². The first-order valence-electron chi connectivity index (χ1n) is 6.55. The van der Waals surface area contributed by atoms with Gasteiger partial charge in [0.25, 0.3) is 0 Å². The Morgan fingerprint density at radius 2 is 2.05 bits per heavy atom. The molecule has 0 atom stereocenters. The zero-order valence-corrected chi connectivity index (χ0v) is 13.9. The minimum absolute atomic E-state index is 0.824. The lowest BCUT2D eigenvalue weighted by Gasteiger charge is -1.95. The van der Waals surface area contributed by atoms with Gasteiger partial charge in [0.2, 0.25) is 5.13 Å². The lowest BCUT2D eigenvalue weighted by atomic mass is 10.2. The number of nitrogens with zero attached hydrogens (tertiary/aromatic N) is 3. The zero-order chi connectivity index (χ0) is 14.5. The molecule has 0 fully saturated rings. The third-order valence-corrected chi connectivity index (χ3v) is 5.64. The molecule has 0 amide bonds. The van der Waals surface area contributed by atoms with Crippen molar-refractivity contribution < 1.29 is 0 Å². The summed E-state index contributed by atoms with van der Waals surface area (Å²) in [6, 6.07) is 10.3. The van der Waals surface area contributed by atoms with Crippen LogP contribution in [0.15, 0.2) is 40.1 Å². The van der Waals surface area contributed by atoms with Crippen LogP contribution < -0.4 is 5.32 Å². The van der Waals surface area contributed by atoms with E-state index in [2.05, 4.69) is 44.9 Å². The largest absolute Gasteiger partial charge is 0.360 e. The quantitative estimate of drug-likeness (QED) is 0.678. The van der Waals surface area contributed by atoms with Crippen molar-refractivity contribution in [3.8, 4) is 10.6 Å². The summed E-state index contributed by atoms with van der Waals surface area (Å²) in [5.74, 6) is 0.824. The zero-order valence-electron chi connectivity index (χ0n) is 11.4. The maximum atomic E-state index is 4.68. The fraction of sp³-hybridized carbons (Fsp3) is 0.214. The number of hydrogen-bond acceptors (Lipinski definition) is 7. The van der Waals surface area contributed by atoms with Crippen molar-refractivity contribution in [2.75, 3.05) is 11.9 Å².